The van der Waals surface area contributed by atoms with Crippen LogP contribution in [-0.2, 0) is 4.74 Å². The quantitative estimate of drug-likeness (QED) is 0.909. The van der Waals surface area contributed by atoms with E-state index in [1.165, 1.54) is 0 Å². The maximum absolute atomic E-state index is 11.1. The van der Waals surface area contributed by atoms with Crippen molar-refractivity contribution < 1.29 is 14.3 Å². The number of nitrogens with one attached hydrogen (secondary N) is 1. The van der Waals surface area contributed by atoms with Gasteiger partial charge in [-0.1, -0.05) is 15.9 Å². The van der Waals surface area contributed by atoms with Crippen LogP contribution in [0.15, 0.2) is 22.7 Å². The zero-order valence-corrected chi connectivity index (χ0v) is 10.4. The Morgan fingerprint density at radius 2 is 2.38 bits per heavy atom. The van der Waals surface area contributed by atoms with E-state index in [1.807, 2.05) is 18.2 Å². The third-order valence-electron chi connectivity index (χ3n) is 2.51. The predicted octanol–water partition coefficient (Wildman–Crippen LogP) is 2.63. The van der Waals surface area contributed by atoms with Gasteiger partial charge in [0.15, 0.2) is 0 Å². The van der Waals surface area contributed by atoms with Crippen LogP contribution in [0.5, 0.6) is 5.75 Å². The van der Waals surface area contributed by atoms with E-state index in [9.17, 15) is 4.79 Å². The first-order valence-corrected chi connectivity index (χ1v) is 5.76. The molecule has 0 spiro atoms. The summed E-state index contributed by atoms with van der Waals surface area (Å²) in [6.45, 7) is 0.445. The Balaban J connectivity index is 2.27. The van der Waals surface area contributed by atoms with Gasteiger partial charge in [0.1, 0.15) is 5.75 Å². The fraction of sp³-hybridized carbons (Fsp3) is 0.364. The van der Waals surface area contributed by atoms with Crippen molar-refractivity contribution >= 4 is 22.0 Å². The Bertz CT molecular complexity index is 408. The standard InChI is InChI=1S/C11H12BrNO3/c1-15-7-2-3-9(12)8(6-7)10-4-5-16-11(14)13-10/h2-3,6,10H,4-5H2,1H3,(H,13,14)/t10-/m1/s1. The third-order valence-corrected chi connectivity index (χ3v) is 3.23. The zero-order chi connectivity index (χ0) is 11.5. The first-order valence-electron chi connectivity index (χ1n) is 4.97. The van der Waals surface area contributed by atoms with Crippen LogP contribution in [0.1, 0.15) is 18.0 Å². The lowest BCUT2D eigenvalue weighted by Gasteiger charge is -2.24. The number of benzene rings is 1. The Hall–Kier alpha value is -1.23. The third kappa shape index (κ3) is 2.29. The highest BCUT2D eigenvalue weighted by molar-refractivity contribution is 9.10. The minimum Gasteiger partial charge on any atom is -0.497 e. The molecule has 0 aromatic heterocycles. The molecule has 5 heteroatoms. The van der Waals surface area contributed by atoms with Crippen LogP contribution in [0.3, 0.4) is 0 Å². The highest BCUT2D eigenvalue weighted by atomic mass is 79.9. The molecule has 0 bridgehead atoms. The highest BCUT2D eigenvalue weighted by Crippen LogP contribution is 2.30. The van der Waals surface area contributed by atoms with Crippen LogP contribution in [0, 0.1) is 0 Å². The summed E-state index contributed by atoms with van der Waals surface area (Å²) in [6.07, 6.45) is 0.392. The van der Waals surface area contributed by atoms with E-state index in [1.54, 1.807) is 7.11 Å². The number of methoxy groups -OCH3 is 1. The monoisotopic (exact) mass is 285 g/mol. The largest absolute Gasteiger partial charge is 0.497 e. The molecule has 1 aromatic carbocycles. The number of rotatable bonds is 2. The van der Waals surface area contributed by atoms with E-state index < -0.39 is 0 Å². The van der Waals surface area contributed by atoms with Crippen molar-refractivity contribution in [3.05, 3.63) is 28.2 Å². The summed E-state index contributed by atoms with van der Waals surface area (Å²) in [5, 5.41) is 2.78. The Morgan fingerprint density at radius 3 is 3.06 bits per heavy atom. The van der Waals surface area contributed by atoms with E-state index in [2.05, 4.69) is 21.2 Å². The van der Waals surface area contributed by atoms with Gasteiger partial charge in [0.2, 0.25) is 0 Å². The summed E-state index contributed by atoms with van der Waals surface area (Å²) in [4.78, 5) is 11.1. The fourth-order valence-corrected chi connectivity index (χ4v) is 2.20. The Morgan fingerprint density at radius 1 is 1.56 bits per heavy atom. The van der Waals surface area contributed by atoms with Gasteiger partial charge >= 0.3 is 6.09 Å². The van der Waals surface area contributed by atoms with Gasteiger partial charge in [0, 0.05) is 10.9 Å². The summed E-state index contributed by atoms with van der Waals surface area (Å²) in [5.41, 5.74) is 1.01. The molecule has 1 aliphatic rings. The fourth-order valence-electron chi connectivity index (χ4n) is 1.67. The van der Waals surface area contributed by atoms with Crippen LogP contribution < -0.4 is 10.1 Å². The smallest absolute Gasteiger partial charge is 0.407 e. The Kier molecular flexibility index (Phi) is 3.33. The molecule has 86 valence electrons. The molecule has 2 rings (SSSR count). The van der Waals surface area contributed by atoms with Crippen molar-refractivity contribution in [1.82, 2.24) is 5.32 Å². The van der Waals surface area contributed by atoms with E-state index in [0.717, 1.165) is 22.2 Å². The minimum atomic E-state index is -0.369. The molecule has 0 saturated carbocycles. The maximum Gasteiger partial charge on any atom is 0.407 e. The molecule has 1 saturated heterocycles. The van der Waals surface area contributed by atoms with Gasteiger partial charge in [-0.2, -0.15) is 0 Å². The van der Waals surface area contributed by atoms with Crippen molar-refractivity contribution in [3.8, 4) is 5.75 Å². The molecular weight excluding hydrogens is 274 g/mol. The number of cyclic esters (lactones) is 1. The number of halogens is 1. The lowest BCUT2D eigenvalue weighted by atomic mass is 10.0. The summed E-state index contributed by atoms with van der Waals surface area (Å²) in [5.74, 6) is 0.777. The van der Waals surface area contributed by atoms with Gasteiger partial charge in [-0.05, 0) is 23.8 Å². The molecule has 1 aliphatic heterocycles. The molecule has 1 amide bonds. The van der Waals surface area contributed by atoms with Crippen molar-refractivity contribution in [2.75, 3.05) is 13.7 Å². The second-order valence-corrected chi connectivity index (χ2v) is 4.36. The average Bonchev–Trinajstić information content (AvgIpc) is 2.30. The lowest BCUT2D eigenvalue weighted by Crippen LogP contribution is -2.35. The number of hydrogen-bond donors (Lipinski definition) is 1. The van der Waals surface area contributed by atoms with Gasteiger partial charge in [0.25, 0.3) is 0 Å². The summed E-state index contributed by atoms with van der Waals surface area (Å²) < 4.78 is 11.0. The molecule has 0 unspecified atom stereocenters. The molecule has 1 fully saturated rings. The summed E-state index contributed by atoms with van der Waals surface area (Å²) in [6, 6.07) is 5.68. The molecule has 16 heavy (non-hydrogen) atoms. The number of carbonyl (C=O) groups is 1. The first-order chi connectivity index (χ1) is 7.70. The zero-order valence-electron chi connectivity index (χ0n) is 8.83. The number of carbonyl (C=O) groups excluding carboxylic acids is 1. The van der Waals surface area contributed by atoms with E-state index >= 15 is 0 Å². The molecule has 1 atom stereocenters. The molecule has 4 nitrogen and oxygen atoms in total. The van der Waals surface area contributed by atoms with Crippen molar-refractivity contribution in [3.63, 3.8) is 0 Å². The van der Waals surface area contributed by atoms with Crippen LogP contribution in [0.4, 0.5) is 4.79 Å². The Labute approximate surface area is 102 Å². The second kappa shape index (κ2) is 4.74. The molecule has 1 heterocycles. The molecule has 0 radical (unpaired) electrons. The van der Waals surface area contributed by atoms with Crippen LogP contribution in [-0.4, -0.2) is 19.8 Å². The normalized spacial score (nSPS) is 19.9. The summed E-state index contributed by atoms with van der Waals surface area (Å²) >= 11 is 3.47. The molecule has 1 aromatic rings. The van der Waals surface area contributed by atoms with Crippen LogP contribution >= 0.6 is 15.9 Å². The van der Waals surface area contributed by atoms with Gasteiger partial charge in [-0.15, -0.1) is 0 Å². The summed E-state index contributed by atoms with van der Waals surface area (Å²) in [7, 11) is 1.62. The van der Waals surface area contributed by atoms with E-state index in [0.29, 0.717) is 6.61 Å². The van der Waals surface area contributed by atoms with Gasteiger partial charge < -0.3 is 14.8 Å². The van der Waals surface area contributed by atoms with Crippen LogP contribution in [0.25, 0.3) is 0 Å². The van der Waals surface area contributed by atoms with Crippen LogP contribution in [0.2, 0.25) is 0 Å². The molecule has 1 N–H and O–H groups in total. The number of ether oxygens (including phenoxy) is 2. The van der Waals surface area contributed by atoms with Crippen molar-refractivity contribution in [2.24, 2.45) is 0 Å². The van der Waals surface area contributed by atoms with Gasteiger partial charge in [-0.25, -0.2) is 4.79 Å². The van der Waals surface area contributed by atoms with Crippen molar-refractivity contribution in [2.45, 2.75) is 12.5 Å². The SMILES string of the molecule is COc1ccc(Br)c([C@H]2CCOC(=O)N2)c1. The van der Waals surface area contributed by atoms with E-state index in [4.69, 9.17) is 9.47 Å². The first kappa shape index (κ1) is 11.3. The number of amides is 1. The predicted molar refractivity (Wildman–Crippen MR) is 62.5 cm³/mol. The average molecular weight is 286 g/mol. The topological polar surface area (TPSA) is 47.6 Å². The molecular formula is C11H12BrNO3. The van der Waals surface area contributed by atoms with E-state index in [-0.39, 0.29) is 12.1 Å². The number of hydrogen-bond acceptors (Lipinski definition) is 3. The highest BCUT2D eigenvalue weighted by Gasteiger charge is 2.22. The van der Waals surface area contributed by atoms with Crippen molar-refractivity contribution in [1.29, 1.82) is 0 Å². The second-order valence-electron chi connectivity index (χ2n) is 3.51. The van der Waals surface area contributed by atoms with Gasteiger partial charge in [-0.3, -0.25) is 0 Å². The number of alkyl carbamates (subject to hydrolysis) is 1. The minimum absolute atomic E-state index is 0.0225. The lowest BCUT2D eigenvalue weighted by molar-refractivity contribution is 0.115. The maximum atomic E-state index is 11.1. The van der Waals surface area contributed by atoms with Gasteiger partial charge in [0.05, 0.1) is 19.8 Å². The molecule has 0 aliphatic carbocycles.